The van der Waals surface area contributed by atoms with Crippen molar-refractivity contribution < 1.29 is 0 Å². The summed E-state index contributed by atoms with van der Waals surface area (Å²) in [5.41, 5.74) is 5.96. The lowest BCUT2D eigenvalue weighted by Crippen LogP contribution is -2.50. The Labute approximate surface area is 120 Å². The number of benzene rings is 1. The minimum atomic E-state index is 0.00442. The molecular weight excluding hydrogens is 244 g/mol. The molecule has 0 spiro atoms. The molecule has 1 aromatic carbocycles. The highest BCUT2D eigenvalue weighted by Crippen LogP contribution is 2.40. The summed E-state index contributed by atoms with van der Waals surface area (Å²) in [4.78, 5) is 0. The number of hydrogen-bond donors (Lipinski definition) is 2. The Kier molecular flexibility index (Phi) is 2.69. The van der Waals surface area contributed by atoms with E-state index in [4.69, 9.17) is 0 Å². The zero-order chi connectivity index (χ0) is 13.6. The van der Waals surface area contributed by atoms with Gasteiger partial charge in [0.15, 0.2) is 0 Å². The molecule has 0 bridgehead atoms. The summed E-state index contributed by atoms with van der Waals surface area (Å²) in [6.07, 6.45) is 8.96. The Morgan fingerprint density at radius 1 is 1.25 bits per heavy atom. The molecule has 2 heteroatoms. The van der Waals surface area contributed by atoms with E-state index in [1.807, 2.05) is 0 Å². The van der Waals surface area contributed by atoms with E-state index < -0.39 is 0 Å². The molecule has 4 rings (SSSR count). The molecule has 2 N–H and O–H groups in total. The number of fused-ring (bicyclic) bond motifs is 2. The molecule has 1 fully saturated rings. The van der Waals surface area contributed by atoms with Crippen LogP contribution in [-0.4, -0.2) is 18.2 Å². The van der Waals surface area contributed by atoms with Crippen molar-refractivity contribution in [1.29, 1.82) is 0 Å². The summed E-state index contributed by atoms with van der Waals surface area (Å²) in [7, 11) is 0. The average Bonchev–Trinajstić information content (AvgIpc) is 2.93. The molecule has 102 valence electrons. The van der Waals surface area contributed by atoms with E-state index in [2.05, 4.69) is 66.1 Å². The third-order valence-corrected chi connectivity index (χ3v) is 4.72. The summed E-state index contributed by atoms with van der Waals surface area (Å²) < 4.78 is 0. The summed E-state index contributed by atoms with van der Waals surface area (Å²) in [6, 6.07) is 11.1. The number of nitrogens with one attached hydrogen (secondary N) is 2. The van der Waals surface area contributed by atoms with Crippen molar-refractivity contribution in [2.75, 3.05) is 6.54 Å². The molecule has 0 amide bonds. The lowest BCUT2D eigenvalue weighted by molar-refractivity contribution is 0.397. The van der Waals surface area contributed by atoms with Crippen LogP contribution in [-0.2, 0) is 6.42 Å². The first-order valence-electron chi connectivity index (χ1n) is 7.44. The molecular formula is C18H20N2. The molecule has 1 saturated heterocycles. The van der Waals surface area contributed by atoms with Gasteiger partial charge in [-0.3, -0.25) is 10.6 Å². The van der Waals surface area contributed by atoms with Crippen molar-refractivity contribution in [2.45, 2.75) is 31.5 Å². The van der Waals surface area contributed by atoms with Crippen molar-refractivity contribution in [3.05, 3.63) is 70.8 Å². The van der Waals surface area contributed by atoms with Gasteiger partial charge >= 0.3 is 0 Å². The SMILES string of the molecule is CC12NCCC1=C1C(Cc3ccccc3)=CC=CC1N2. The van der Waals surface area contributed by atoms with Gasteiger partial charge < -0.3 is 0 Å². The topological polar surface area (TPSA) is 24.1 Å². The van der Waals surface area contributed by atoms with Crippen molar-refractivity contribution >= 4 is 0 Å². The first-order valence-corrected chi connectivity index (χ1v) is 7.44. The van der Waals surface area contributed by atoms with Gasteiger partial charge in [-0.1, -0.05) is 48.6 Å². The lowest BCUT2D eigenvalue weighted by atomic mass is 9.87. The van der Waals surface area contributed by atoms with Gasteiger partial charge in [-0.15, -0.1) is 0 Å². The minimum Gasteiger partial charge on any atom is -0.296 e. The van der Waals surface area contributed by atoms with Crippen molar-refractivity contribution in [3.8, 4) is 0 Å². The highest BCUT2D eigenvalue weighted by atomic mass is 15.2. The maximum absolute atomic E-state index is 3.73. The van der Waals surface area contributed by atoms with Crippen LogP contribution in [0.5, 0.6) is 0 Å². The highest BCUT2D eigenvalue weighted by molar-refractivity contribution is 5.55. The second-order valence-corrected chi connectivity index (χ2v) is 6.06. The van der Waals surface area contributed by atoms with E-state index in [0.29, 0.717) is 6.04 Å². The third-order valence-electron chi connectivity index (χ3n) is 4.72. The van der Waals surface area contributed by atoms with Crippen LogP contribution in [0, 0.1) is 0 Å². The van der Waals surface area contributed by atoms with Crippen molar-refractivity contribution in [1.82, 2.24) is 10.6 Å². The molecule has 2 nitrogen and oxygen atoms in total. The minimum absolute atomic E-state index is 0.00442. The molecule has 0 radical (unpaired) electrons. The van der Waals surface area contributed by atoms with E-state index in [1.165, 1.54) is 16.7 Å². The zero-order valence-electron chi connectivity index (χ0n) is 11.8. The summed E-state index contributed by atoms with van der Waals surface area (Å²) in [5.74, 6) is 0. The molecule has 2 atom stereocenters. The molecule has 0 aromatic heterocycles. The Bertz CT molecular complexity index is 624. The quantitative estimate of drug-likeness (QED) is 0.858. The maximum atomic E-state index is 3.73. The predicted octanol–water partition coefficient (Wildman–Crippen LogP) is 2.70. The van der Waals surface area contributed by atoms with Crippen LogP contribution in [0.3, 0.4) is 0 Å². The Balaban J connectivity index is 1.73. The van der Waals surface area contributed by atoms with Gasteiger partial charge in [-0.25, -0.2) is 0 Å². The average molecular weight is 264 g/mol. The van der Waals surface area contributed by atoms with Gasteiger partial charge in [0.2, 0.25) is 0 Å². The molecule has 1 aliphatic carbocycles. The monoisotopic (exact) mass is 264 g/mol. The first-order chi connectivity index (χ1) is 9.76. The third kappa shape index (κ3) is 1.80. The van der Waals surface area contributed by atoms with Gasteiger partial charge in [0.05, 0.1) is 11.7 Å². The normalized spacial score (nSPS) is 31.2. The first kappa shape index (κ1) is 12.1. The van der Waals surface area contributed by atoms with Gasteiger partial charge in [-0.2, -0.15) is 0 Å². The lowest BCUT2D eigenvalue weighted by Gasteiger charge is -2.24. The van der Waals surface area contributed by atoms with E-state index in [-0.39, 0.29) is 5.66 Å². The van der Waals surface area contributed by atoms with Gasteiger partial charge in [0.25, 0.3) is 0 Å². The van der Waals surface area contributed by atoms with Gasteiger partial charge in [-0.05, 0) is 42.0 Å². The molecule has 2 unspecified atom stereocenters. The van der Waals surface area contributed by atoms with E-state index in [1.54, 1.807) is 5.57 Å². The fourth-order valence-electron chi connectivity index (χ4n) is 3.79. The molecule has 2 aliphatic heterocycles. The Morgan fingerprint density at radius 2 is 2.10 bits per heavy atom. The molecule has 20 heavy (non-hydrogen) atoms. The van der Waals surface area contributed by atoms with Crippen LogP contribution < -0.4 is 10.6 Å². The zero-order valence-corrected chi connectivity index (χ0v) is 11.8. The highest BCUT2D eigenvalue weighted by Gasteiger charge is 2.44. The standard InChI is InChI=1S/C18H20N2/c1-18-15(10-11-19-18)17-14(8-5-9-16(17)20-18)12-13-6-3-2-4-7-13/h2-9,16,19-20H,10-12H2,1H3. The number of allylic oxidation sites excluding steroid dienone is 2. The smallest absolute Gasteiger partial charge is 0.0894 e. The fraction of sp³-hybridized carbons (Fsp3) is 0.333. The van der Waals surface area contributed by atoms with Gasteiger partial charge in [0.1, 0.15) is 0 Å². The number of hydrogen-bond acceptors (Lipinski definition) is 2. The summed E-state index contributed by atoms with van der Waals surface area (Å²) in [5, 5.41) is 7.34. The van der Waals surface area contributed by atoms with Crippen molar-refractivity contribution in [3.63, 3.8) is 0 Å². The van der Waals surface area contributed by atoms with Crippen LogP contribution in [0.4, 0.5) is 0 Å². The second-order valence-electron chi connectivity index (χ2n) is 6.06. The van der Waals surface area contributed by atoms with E-state index in [9.17, 15) is 0 Å². The van der Waals surface area contributed by atoms with Crippen LogP contribution in [0.15, 0.2) is 65.3 Å². The summed E-state index contributed by atoms with van der Waals surface area (Å²) in [6.45, 7) is 3.35. The Hall–Kier alpha value is -1.64. The molecule has 0 saturated carbocycles. The molecule has 1 aromatic rings. The second kappa shape index (κ2) is 4.44. The number of rotatable bonds is 2. The van der Waals surface area contributed by atoms with E-state index in [0.717, 1.165) is 19.4 Å². The van der Waals surface area contributed by atoms with Crippen LogP contribution >= 0.6 is 0 Å². The predicted molar refractivity (Wildman–Crippen MR) is 82.3 cm³/mol. The van der Waals surface area contributed by atoms with Crippen LogP contribution in [0.25, 0.3) is 0 Å². The molecule has 2 heterocycles. The molecule has 3 aliphatic rings. The summed E-state index contributed by atoms with van der Waals surface area (Å²) >= 11 is 0. The van der Waals surface area contributed by atoms with Gasteiger partial charge in [0, 0.05) is 6.54 Å². The van der Waals surface area contributed by atoms with E-state index >= 15 is 0 Å². The maximum Gasteiger partial charge on any atom is 0.0894 e. The van der Waals surface area contributed by atoms with Crippen LogP contribution in [0.2, 0.25) is 0 Å². The Morgan fingerprint density at radius 3 is 2.95 bits per heavy atom. The fourth-order valence-corrected chi connectivity index (χ4v) is 3.79. The largest absolute Gasteiger partial charge is 0.296 e. The van der Waals surface area contributed by atoms with Crippen molar-refractivity contribution in [2.24, 2.45) is 0 Å². The van der Waals surface area contributed by atoms with Crippen LogP contribution in [0.1, 0.15) is 18.9 Å².